The fraction of sp³-hybridized carbons (Fsp3) is 0.442. The Hall–Kier alpha value is -3.48. The van der Waals surface area contributed by atoms with E-state index in [4.69, 9.17) is 30.0 Å². The van der Waals surface area contributed by atoms with E-state index in [9.17, 15) is 15.3 Å². The average molecular weight is 938 g/mol. The number of phenolic OH excluding ortho intramolecular Hbond substituents is 3. The number of benzene rings is 3. The summed E-state index contributed by atoms with van der Waals surface area (Å²) in [6.07, 6.45) is 22.2. The third-order valence-electron chi connectivity index (χ3n) is 10.9. The Morgan fingerprint density at radius 2 is 0.509 bits per heavy atom. The average Bonchev–Trinajstić information content (AvgIpc) is 3.17. The maximum absolute atomic E-state index is 11.4. The van der Waals surface area contributed by atoms with Crippen LogP contribution in [0.2, 0.25) is 0 Å². The summed E-state index contributed by atoms with van der Waals surface area (Å²) in [5, 5.41) is 34.2. The number of hydrogen-bond acceptors (Lipinski definition) is 9. The van der Waals surface area contributed by atoms with Gasteiger partial charge in [0.05, 0.1) is 36.3 Å². The van der Waals surface area contributed by atoms with Gasteiger partial charge in [0.1, 0.15) is 17.2 Å². The minimum Gasteiger partial charge on any atom is -0.507 e. The summed E-state index contributed by atoms with van der Waals surface area (Å²) in [4.78, 5) is 29.8. The molecule has 290 valence electrons. The second kappa shape index (κ2) is 19.1. The lowest BCUT2D eigenvalue weighted by Crippen LogP contribution is -2.27. The van der Waals surface area contributed by atoms with Crippen LogP contribution in [0.25, 0.3) is 0 Å². The first-order valence-electron chi connectivity index (χ1n) is 19.0. The summed E-state index contributed by atoms with van der Waals surface area (Å²) in [5.41, 5.74) is 3.63. The second-order valence-electron chi connectivity index (χ2n) is 14.7. The van der Waals surface area contributed by atoms with Crippen molar-refractivity contribution in [3.8, 4) is 17.2 Å². The molecule has 0 spiro atoms. The zero-order valence-electron chi connectivity index (χ0n) is 30.0. The molecule has 55 heavy (non-hydrogen) atoms. The Kier molecular flexibility index (Phi) is 14.3. The molecule has 0 amide bonds. The SMILES string of the molecule is C.Oc1c2cc(Br)cc1C=NC1CCCCC1N=Cc1cc(Br)cc(c1O)C=NC1CCCCC1N=Cc1cc(Br)cc(c1O)C=NC1CCCCC1N=C2. The molecule has 0 saturated heterocycles. The molecular weight excluding hydrogens is 888 g/mol. The lowest BCUT2D eigenvalue weighted by molar-refractivity contribution is 0.389. The summed E-state index contributed by atoms with van der Waals surface area (Å²) in [6, 6.07) is 10.8. The molecule has 6 atom stereocenters. The van der Waals surface area contributed by atoms with Gasteiger partial charge in [-0.05, 0) is 74.9 Å². The summed E-state index contributed by atoms with van der Waals surface area (Å²) in [7, 11) is 0. The third-order valence-corrected chi connectivity index (χ3v) is 12.3. The highest BCUT2D eigenvalue weighted by Gasteiger charge is 2.26. The second-order valence-corrected chi connectivity index (χ2v) is 17.5. The van der Waals surface area contributed by atoms with Crippen molar-refractivity contribution in [2.75, 3.05) is 0 Å². The molecule has 7 rings (SSSR count). The zero-order valence-corrected chi connectivity index (χ0v) is 34.8. The molecule has 3 aromatic rings. The Morgan fingerprint density at radius 3 is 0.673 bits per heavy atom. The third kappa shape index (κ3) is 10.3. The molecule has 0 aromatic heterocycles. The van der Waals surface area contributed by atoms with Crippen LogP contribution in [-0.2, 0) is 0 Å². The lowest BCUT2D eigenvalue weighted by atomic mass is 9.91. The van der Waals surface area contributed by atoms with Crippen LogP contribution in [0.15, 0.2) is 79.8 Å². The number of aromatic hydroxyl groups is 3. The number of halogens is 3. The van der Waals surface area contributed by atoms with Gasteiger partial charge in [-0.3, -0.25) is 30.0 Å². The molecule has 3 saturated carbocycles. The van der Waals surface area contributed by atoms with Crippen LogP contribution >= 0.6 is 47.8 Å². The minimum absolute atomic E-state index is 0. The molecule has 1 heterocycles. The maximum atomic E-state index is 11.4. The Morgan fingerprint density at radius 1 is 0.345 bits per heavy atom. The zero-order chi connectivity index (χ0) is 37.6. The van der Waals surface area contributed by atoms with E-state index in [0.29, 0.717) is 33.4 Å². The summed E-state index contributed by atoms with van der Waals surface area (Å²) in [5.74, 6) is 0.364. The van der Waals surface area contributed by atoms with Crippen molar-refractivity contribution in [3.05, 3.63) is 83.2 Å². The number of hydrogen-bond donors (Lipinski definition) is 3. The van der Waals surface area contributed by atoms with Crippen molar-refractivity contribution >= 4 is 85.1 Å². The summed E-state index contributed by atoms with van der Waals surface area (Å²) in [6.45, 7) is 0. The van der Waals surface area contributed by atoms with Crippen molar-refractivity contribution in [1.82, 2.24) is 0 Å². The van der Waals surface area contributed by atoms with E-state index < -0.39 is 0 Å². The van der Waals surface area contributed by atoms with Gasteiger partial charge in [-0.2, -0.15) is 0 Å². The van der Waals surface area contributed by atoms with E-state index in [2.05, 4.69) is 47.8 Å². The largest absolute Gasteiger partial charge is 0.507 e. The molecule has 3 aromatic carbocycles. The van der Waals surface area contributed by atoms with E-state index in [1.165, 1.54) is 0 Å². The van der Waals surface area contributed by atoms with E-state index in [-0.39, 0.29) is 60.9 Å². The standard InChI is InChI=1S/C42H45Br3N6O3.CH4/c43-31-13-25-19-46-34-7-1-2-8-35(34)47-20-26-14-32(44)16-28(41(26)53)22-49-38-11-5-6-12-39(38)51-24-30-18-33(45)17-29(42(30)54)23-50-37-10-4-3-9-36(37)48-21-27(15-31)40(25)52;/h13-24,34-39,52-54H,1-12H2;1H4. The van der Waals surface area contributed by atoms with Crippen molar-refractivity contribution in [2.24, 2.45) is 30.0 Å². The van der Waals surface area contributed by atoms with Gasteiger partial charge in [-0.25, -0.2) is 0 Å². The first-order valence-corrected chi connectivity index (χ1v) is 21.4. The molecule has 1 aliphatic heterocycles. The van der Waals surface area contributed by atoms with Gasteiger partial charge in [0.15, 0.2) is 0 Å². The highest BCUT2D eigenvalue weighted by Crippen LogP contribution is 2.32. The fourth-order valence-electron chi connectivity index (χ4n) is 7.89. The van der Waals surface area contributed by atoms with Crippen LogP contribution in [0, 0.1) is 0 Å². The normalized spacial score (nSPS) is 25.6. The highest BCUT2D eigenvalue weighted by molar-refractivity contribution is 9.11. The molecule has 6 unspecified atom stereocenters. The number of fused-ring (bicyclic) bond motifs is 9. The number of phenols is 3. The monoisotopic (exact) mass is 934 g/mol. The number of rotatable bonds is 0. The lowest BCUT2D eigenvalue weighted by Gasteiger charge is -2.26. The topological polar surface area (TPSA) is 135 Å². The van der Waals surface area contributed by atoms with Crippen molar-refractivity contribution < 1.29 is 15.3 Å². The molecule has 3 aliphatic carbocycles. The predicted molar refractivity (Wildman–Crippen MR) is 238 cm³/mol. The number of nitrogens with zero attached hydrogens (tertiary/aromatic N) is 6. The van der Waals surface area contributed by atoms with E-state index in [1.807, 2.05) is 36.4 Å². The van der Waals surface area contributed by atoms with Gasteiger partial charge in [0.25, 0.3) is 0 Å². The Bertz CT molecular complexity index is 1670. The van der Waals surface area contributed by atoms with Gasteiger partial charge in [-0.15, -0.1) is 0 Å². The fourth-order valence-corrected chi connectivity index (χ4v) is 9.37. The van der Waals surface area contributed by atoms with Crippen LogP contribution in [-0.4, -0.2) is 88.9 Å². The van der Waals surface area contributed by atoms with Crippen molar-refractivity contribution in [1.29, 1.82) is 0 Å². The summed E-state index contributed by atoms with van der Waals surface area (Å²) < 4.78 is 2.45. The molecule has 3 fully saturated rings. The summed E-state index contributed by atoms with van der Waals surface area (Å²) >= 11 is 10.9. The number of aliphatic imine (C=N–C) groups is 6. The quantitative estimate of drug-likeness (QED) is 0.207. The van der Waals surface area contributed by atoms with E-state index in [0.717, 1.165) is 90.5 Å². The van der Waals surface area contributed by atoms with E-state index >= 15 is 0 Å². The molecule has 4 aliphatic rings. The smallest absolute Gasteiger partial charge is 0.133 e. The van der Waals surface area contributed by atoms with Gasteiger partial charge in [-0.1, -0.05) is 93.7 Å². The molecule has 0 radical (unpaired) electrons. The molecule has 6 bridgehead atoms. The molecule has 12 heteroatoms. The molecule has 3 N–H and O–H groups in total. The van der Waals surface area contributed by atoms with Crippen molar-refractivity contribution in [2.45, 2.75) is 121 Å². The van der Waals surface area contributed by atoms with E-state index in [1.54, 1.807) is 37.3 Å². The van der Waals surface area contributed by atoms with Crippen LogP contribution in [0.3, 0.4) is 0 Å². The van der Waals surface area contributed by atoms with Gasteiger partial charge >= 0.3 is 0 Å². The Labute approximate surface area is 349 Å². The molecule has 9 nitrogen and oxygen atoms in total. The first kappa shape index (κ1) is 41.2. The van der Waals surface area contributed by atoms with Gasteiger partial charge in [0, 0.05) is 84.1 Å². The highest BCUT2D eigenvalue weighted by atomic mass is 79.9. The predicted octanol–water partition coefficient (Wildman–Crippen LogP) is 10.6. The first-order chi connectivity index (χ1) is 26.2. The molecular formula is C43H49Br3N6O3. The minimum atomic E-state index is -0.0617. The van der Waals surface area contributed by atoms with Crippen LogP contribution in [0.4, 0.5) is 0 Å². The van der Waals surface area contributed by atoms with Crippen molar-refractivity contribution in [3.63, 3.8) is 0 Å². The van der Waals surface area contributed by atoms with Gasteiger partial charge in [0.2, 0.25) is 0 Å². The maximum Gasteiger partial charge on any atom is 0.133 e. The Balaban J connectivity index is 0.00000514. The van der Waals surface area contributed by atoms with Crippen LogP contribution in [0.1, 0.15) is 118 Å². The van der Waals surface area contributed by atoms with Crippen LogP contribution < -0.4 is 0 Å². The van der Waals surface area contributed by atoms with Gasteiger partial charge < -0.3 is 15.3 Å². The van der Waals surface area contributed by atoms with Crippen LogP contribution in [0.5, 0.6) is 17.2 Å².